The highest BCUT2D eigenvalue weighted by Crippen LogP contribution is 2.28. The van der Waals surface area contributed by atoms with E-state index in [1.165, 1.54) is 12.3 Å². The molecule has 124 valence electrons. The molecule has 0 unspecified atom stereocenters. The van der Waals surface area contributed by atoms with Crippen LogP contribution in [0, 0.1) is 0 Å². The minimum Gasteiger partial charge on any atom is -0.355 e. The Morgan fingerprint density at radius 3 is 2.72 bits per heavy atom. The highest BCUT2D eigenvalue weighted by atomic mass is 16.2. The Hall–Kier alpha value is -3.54. The molecule has 0 atom stereocenters. The molecule has 0 aliphatic heterocycles. The maximum Gasteiger partial charge on any atom is 0.252 e. The number of hydrogen-bond donors (Lipinski definition) is 2. The van der Waals surface area contributed by atoms with Crippen molar-refractivity contribution in [3.8, 4) is 11.1 Å². The molecular weight excluding hydrogens is 316 g/mol. The molecule has 2 heterocycles. The summed E-state index contributed by atoms with van der Waals surface area (Å²) < 4.78 is 0. The smallest absolute Gasteiger partial charge is 0.252 e. The van der Waals surface area contributed by atoms with Crippen LogP contribution < -0.4 is 10.6 Å². The van der Waals surface area contributed by atoms with Crippen LogP contribution in [0.2, 0.25) is 0 Å². The second kappa shape index (κ2) is 6.92. The average molecular weight is 332 g/mol. The van der Waals surface area contributed by atoms with E-state index in [0.717, 1.165) is 22.0 Å². The first kappa shape index (κ1) is 16.3. The van der Waals surface area contributed by atoms with Crippen LogP contribution in [-0.2, 0) is 4.79 Å². The number of nitrogens with one attached hydrogen (secondary N) is 2. The van der Waals surface area contributed by atoms with Gasteiger partial charge in [0, 0.05) is 36.6 Å². The predicted octanol–water partition coefficient (Wildman–Crippen LogP) is 2.78. The number of carbonyl (C=O) groups excluding carboxylic acids is 2. The van der Waals surface area contributed by atoms with Crippen molar-refractivity contribution in [2.75, 3.05) is 12.4 Å². The summed E-state index contributed by atoms with van der Waals surface area (Å²) in [5.74, 6) is -0.489. The molecule has 0 aliphatic rings. The van der Waals surface area contributed by atoms with Gasteiger partial charge >= 0.3 is 0 Å². The fraction of sp³-hybridized carbons (Fsp3) is 0.0526. The number of benzene rings is 1. The Morgan fingerprint density at radius 1 is 1.12 bits per heavy atom. The van der Waals surface area contributed by atoms with Gasteiger partial charge in [0.25, 0.3) is 5.91 Å². The Morgan fingerprint density at radius 2 is 1.96 bits per heavy atom. The zero-order valence-electron chi connectivity index (χ0n) is 13.6. The van der Waals surface area contributed by atoms with Gasteiger partial charge in [0.2, 0.25) is 5.91 Å². The van der Waals surface area contributed by atoms with Gasteiger partial charge in [-0.15, -0.1) is 0 Å². The minimum absolute atomic E-state index is 0.198. The predicted molar refractivity (Wildman–Crippen MR) is 97.2 cm³/mol. The van der Waals surface area contributed by atoms with Gasteiger partial charge in [-0.2, -0.15) is 0 Å². The number of carbonyl (C=O) groups is 2. The number of aromatic nitrogens is 2. The van der Waals surface area contributed by atoms with Crippen molar-refractivity contribution in [3.05, 3.63) is 67.1 Å². The van der Waals surface area contributed by atoms with E-state index in [4.69, 9.17) is 0 Å². The molecule has 3 aromatic rings. The monoisotopic (exact) mass is 332 g/mol. The van der Waals surface area contributed by atoms with E-state index in [-0.39, 0.29) is 11.8 Å². The first-order valence-electron chi connectivity index (χ1n) is 7.62. The first-order chi connectivity index (χ1) is 12.1. The molecule has 6 heteroatoms. The van der Waals surface area contributed by atoms with Gasteiger partial charge in [-0.05, 0) is 35.9 Å². The second-order valence-corrected chi connectivity index (χ2v) is 5.33. The highest BCUT2D eigenvalue weighted by molar-refractivity contribution is 6.06. The number of pyridine rings is 2. The van der Waals surface area contributed by atoms with Crippen molar-refractivity contribution in [1.82, 2.24) is 15.3 Å². The Labute approximate surface area is 144 Å². The third kappa shape index (κ3) is 3.37. The summed E-state index contributed by atoms with van der Waals surface area (Å²) in [6.07, 6.45) is 6.05. The quantitative estimate of drug-likeness (QED) is 0.720. The fourth-order valence-corrected chi connectivity index (χ4v) is 2.48. The second-order valence-electron chi connectivity index (χ2n) is 5.33. The van der Waals surface area contributed by atoms with Crippen molar-refractivity contribution in [1.29, 1.82) is 0 Å². The van der Waals surface area contributed by atoms with Crippen molar-refractivity contribution >= 4 is 28.4 Å². The van der Waals surface area contributed by atoms with Crippen molar-refractivity contribution < 1.29 is 9.59 Å². The van der Waals surface area contributed by atoms with Crippen LogP contribution in [0.3, 0.4) is 0 Å². The van der Waals surface area contributed by atoms with E-state index in [9.17, 15) is 9.59 Å². The summed E-state index contributed by atoms with van der Waals surface area (Å²) in [5.41, 5.74) is 3.54. The SMILES string of the molecule is C=CC(=O)Nc1ccnc2ccc(-c3cncc(C(=O)NC)c3)cc12. The van der Waals surface area contributed by atoms with Crippen LogP contribution in [0.5, 0.6) is 0 Å². The molecule has 25 heavy (non-hydrogen) atoms. The molecule has 0 spiro atoms. The minimum atomic E-state index is -0.291. The molecule has 1 aromatic carbocycles. The molecule has 0 bridgehead atoms. The van der Waals surface area contributed by atoms with Gasteiger partial charge in [0.15, 0.2) is 0 Å². The van der Waals surface area contributed by atoms with Crippen molar-refractivity contribution in [2.24, 2.45) is 0 Å². The molecule has 0 saturated carbocycles. The maximum absolute atomic E-state index is 11.8. The largest absolute Gasteiger partial charge is 0.355 e. The summed E-state index contributed by atoms with van der Waals surface area (Å²) in [7, 11) is 1.57. The zero-order chi connectivity index (χ0) is 17.8. The number of fused-ring (bicyclic) bond motifs is 1. The maximum atomic E-state index is 11.8. The third-order valence-corrected chi connectivity index (χ3v) is 3.75. The summed E-state index contributed by atoms with van der Waals surface area (Å²) in [6, 6.07) is 9.17. The van der Waals surface area contributed by atoms with Crippen LogP contribution in [-0.4, -0.2) is 28.8 Å². The molecule has 3 rings (SSSR count). The third-order valence-electron chi connectivity index (χ3n) is 3.75. The molecular formula is C19H16N4O2. The number of anilines is 1. The van der Waals surface area contributed by atoms with E-state index in [0.29, 0.717) is 11.3 Å². The Kier molecular flexibility index (Phi) is 4.52. The lowest BCUT2D eigenvalue weighted by Gasteiger charge is -2.09. The highest BCUT2D eigenvalue weighted by Gasteiger charge is 2.09. The lowest BCUT2D eigenvalue weighted by Crippen LogP contribution is -2.17. The summed E-state index contributed by atoms with van der Waals surface area (Å²) in [6.45, 7) is 3.46. The molecule has 0 saturated heterocycles. The molecule has 6 nitrogen and oxygen atoms in total. The number of hydrogen-bond acceptors (Lipinski definition) is 4. The molecule has 2 N–H and O–H groups in total. The van der Waals surface area contributed by atoms with Crippen LogP contribution in [0.4, 0.5) is 5.69 Å². The molecule has 2 aromatic heterocycles. The lowest BCUT2D eigenvalue weighted by molar-refractivity contribution is -0.111. The van der Waals surface area contributed by atoms with Crippen molar-refractivity contribution in [2.45, 2.75) is 0 Å². The van der Waals surface area contributed by atoms with Gasteiger partial charge in [-0.3, -0.25) is 19.6 Å². The van der Waals surface area contributed by atoms with E-state index < -0.39 is 0 Å². The number of rotatable bonds is 4. The molecule has 0 radical (unpaired) electrons. The number of nitrogens with zero attached hydrogens (tertiary/aromatic N) is 2. The van der Waals surface area contributed by atoms with Gasteiger partial charge in [0.1, 0.15) is 0 Å². The van der Waals surface area contributed by atoms with Crippen LogP contribution in [0.1, 0.15) is 10.4 Å². The topological polar surface area (TPSA) is 84.0 Å². The summed E-state index contributed by atoms with van der Waals surface area (Å²) in [5, 5.41) is 6.15. The van der Waals surface area contributed by atoms with Gasteiger partial charge in [0.05, 0.1) is 16.8 Å². The van der Waals surface area contributed by atoms with Gasteiger partial charge < -0.3 is 10.6 Å². The van der Waals surface area contributed by atoms with Crippen molar-refractivity contribution in [3.63, 3.8) is 0 Å². The fourth-order valence-electron chi connectivity index (χ4n) is 2.48. The Bertz CT molecular complexity index is 982. The lowest BCUT2D eigenvalue weighted by atomic mass is 10.0. The zero-order valence-corrected chi connectivity index (χ0v) is 13.6. The van der Waals surface area contributed by atoms with Crippen LogP contribution in [0.15, 0.2) is 61.6 Å². The molecule has 0 fully saturated rings. The van der Waals surface area contributed by atoms with Crippen LogP contribution in [0.25, 0.3) is 22.0 Å². The van der Waals surface area contributed by atoms with E-state index in [1.54, 1.807) is 31.6 Å². The average Bonchev–Trinajstić information content (AvgIpc) is 2.67. The number of amides is 2. The molecule has 2 amide bonds. The normalized spacial score (nSPS) is 10.3. The summed E-state index contributed by atoms with van der Waals surface area (Å²) >= 11 is 0. The first-order valence-corrected chi connectivity index (χ1v) is 7.62. The van der Waals surface area contributed by atoms with Gasteiger partial charge in [-0.1, -0.05) is 12.6 Å². The van der Waals surface area contributed by atoms with E-state index in [1.807, 2.05) is 18.2 Å². The van der Waals surface area contributed by atoms with E-state index in [2.05, 4.69) is 27.2 Å². The molecule has 0 aliphatic carbocycles. The standard InChI is InChI=1S/C19H16N4O2/c1-3-18(24)23-17-6-7-22-16-5-4-12(9-15(16)17)13-8-14(11-21-10-13)19(25)20-2/h3-11H,1H2,2H3,(H,20,25)(H,22,23,24). The summed E-state index contributed by atoms with van der Waals surface area (Å²) in [4.78, 5) is 31.9. The Balaban J connectivity index is 2.09. The van der Waals surface area contributed by atoms with E-state index >= 15 is 0 Å². The van der Waals surface area contributed by atoms with Crippen LogP contribution >= 0.6 is 0 Å². The van der Waals surface area contributed by atoms with Gasteiger partial charge in [-0.25, -0.2) is 0 Å².